The SMILES string of the molecule is CC(C)CN(CC(N)=O)Cc1csc(Cc2ccccc2)n1. The minimum absolute atomic E-state index is 0.281. The van der Waals surface area contributed by atoms with Crippen molar-refractivity contribution in [2.75, 3.05) is 13.1 Å². The smallest absolute Gasteiger partial charge is 0.231 e. The Morgan fingerprint density at radius 1 is 1.32 bits per heavy atom. The van der Waals surface area contributed by atoms with Crippen molar-refractivity contribution in [3.05, 3.63) is 52.0 Å². The molecule has 0 aliphatic carbocycles. The van der Waals surface area contributed by atoms with Gasteiger partial charge in [-0.25, -0.2) is 4.98 Å². The first-order valence-corrected chi connectivity index (χ1v) is 8.38. The molecule has 0 fully saturated rings. The maximum Gasteiger partial charge on any atom is 0.231 e. The first-order chi connectivity index (χ1) is 10.5. The van der Waals surface area contributed by atoms with Crippen LogP contribution in [-0.2, 0) is 17.8 Å². The summed E-state index contributed by atoms with van der Waals surface area (Å²) in [5, 5.41) is 3.18. The molecule has 0 saturated heterocycles. The molecule has 0 aliphatic heterocycles. The summed E-state index contributed by atoms with van der Waals surface area (Å²) in [4.78, 5) is 17.9. The van der Waals surface area contributed by atoms with Crippen molar-refractivity contribution < 1.29 is 4.79 Å². The zero-order chi connectivity index (χ0) is 15.9. The van der Waals surface area contributed by atoms with Crippen molar-refractivity contribution in [2.24, 2.45) is 11.7 Å². The van der Waals surface area contributed by atoms with E-state index in [1.165, 1.54) is 5.56 Å². The Hall–Kier alpha value is -1.72. The lowest BCUT2D eigenvalue weighted by atomic mass is 10.2. The van der Waals surface area contributed by atoms with Gasteiger partial charge in [0.2, 0.25) is 5.91 Å². The Labute approximate surface area is 136 Å². The van der Waals surface area contributed by atoms with Gasteiger partial charge in [-0.2, -0.15) is 0 Å². The zero-order valence-electron chi connectivity index (χ0n) is 13.2. The number of thiazole rings is 1. The van der Waals surface area contributed by atoms with Crippen molar-refractivity contribution in [2.45, 2.75) is 26.8 Å². The van der Waals surface area contributed by atoms with Gasteiger partial charge in [-0.05, 0) is 11.5 Å². The van der Waals surface area contributed by atoms with Crippen molar-refractivity contribution in [1.29, 1.82) is 0 Å². The molecule has 22 heavy (non-hydrogen) atoms. The normalized spacial score (nSPS) is 11.3. The van der Waals surface area contributed by atoms with Crippen molar-refractivity contribution in [3.63, 3.8) is 0 Å². The molecule has 0 unspecified atom stereocenters. The molecule has 0 bridgehead atoms. The minimum Gasteiger partial charge on any atom is -0.369 e. The molecule has 2 rings (SSSR count). The summed E-state index contributed by atoms with van der Waals surface area (Å²) in [6.45, 7) is 6.07. The molecule has 1 amide bonds. The van der Waals surface area contributed by atoms with Gasteiger partial charge in [0, 0.05) is 24.9 Å². The molecule has 1 aromatic heterocycles. The summed E-state index contributed by atoms with van der Waals surface area (Å²) in [6.07, 6.45) is 0.853. The van der Waals surface area contributed by atoms with Crippen LogP contribution in [0.25, 0.3) is 0 Å². The van der Waals surface area contributed by atoms with E-state index in [9.17, 15) is 4.79 Å². The number of benzene rings is 1. The van der Waals surface area contributed by atoms with Crippen LogP contribution in [0.2, 0.25) is 0 Å². The second-order valence-electron chi connectivity index (χ2n) is 5.92. The van der Waals surface area contributed by atoms with Crippen molar-refractivity contribution in [1.82, 2.24) is 9.88 Å². The van der Waals surface area contributed by atoms with Crippen LogP contribution in [0, 0.1) is 5.92 Å². The largest absolute Gasteiger partial charge is 0.369 e. The van der Waals surface area contributed by atoms with Gasteiger partial charge in [-0.15, -0.1) is 11.3 Å². The van der Waals surface area contributed by atoms with E-state index >= 15 is 0 Å². The van der Waals surface area contributed by atoms with E-state index in [2.05, 4.69) is 41.2 Å². The highest BCUT2D eigenvalue weighted by atomic mass is 32.1. The molecular weight excluding hydrogens is 294 g/mol. The average Bonchev–Trinajstić information content (AvgIpc) is 2.85. The first kappa shape index (κ1) is 16.6. The minimum atomic E-state index is -0.291. The van der Waals surface area contributed by atoms with E-state index in [4.69, 9.17) is 5.73 Å². The summed E-state index contributed by atoms with van der Waals surface area (Å²) in [6, 6.07) is 10.3. The molecule has 0 atom stereocenters. The van der Waals surface area contributed by atoms with Crippen molar-refractivity contribution in [3.8, 4) is 0 Å². The fraction of sp³-hybridized carbons (Fsp3) is 0.412. The summed E-state index contributed by atoms with van der Waals surface area (Å²) < 4.78 is 0. The number of hydrogen-bond donors (Lipinski definition) is 1. The highest BCUT2D eigenvalue weighted by Gasteiger charge is 2.13. The molecule has 0 spiro atoms. The Bertz CT molecular complexity index is 595. The lowest BCUT2D eigenvalue weighted by molar-refractivity contribution is -0.119. The Balaban J connectivity index is 1.98. The molecule has 0 saturated carbocycles. The lowest BCUT2D eigenvalue weighted by Gasteiger charge is -2.21. The Morgan fingerprint density at radius 3 is 2.68 bits per heavy atom. The molecular formula is C17H23N3OS. The van der Waals surface area contributed by atoms with Gasteiger partial charge in [0.05, 0.1) is 17.2 Å². The summed E-state index contributed by atoms with van der Waals surface area (Å²) in [5.41, 5.74) is 7.61. The predicted molar refractivity (Wildman–Crippen MR) is 90.7 cm³/mol. The molecule has 4 nitrogen and oxygen atoms in total. The van der Waals surface area contributed by atoms with E-state index in [1.807, 2.05) is 18.2 Å². The van der Waals surface area contributed by atoms with Crippen LogP contribution in [0.15, 0.2) is 35.7 Å². The third-order valence-electron chi connectivity index (χ3n) is 3.19. The average molecular weight is 317 g/mol. The van der Waals surface area contributed by atoms with Gasteiger partial charge in [0.25, 0.3) is 0 Å². The Kier molecular flexibility index (Phi) is 6.10. The second kappa shape index (κ2) is 8.06. The van der Waals surface area contributed by atoms with E-state index in [0.717, 1.165) is 23.7 Å². The van der Waals surface area contributed by atoms with Crippen LogP contribution in [0.5, 0.6) is 0 Å². The monoisotopic (exact) mass is 317 g/mol. The first-order valence-electron chi connectivity index (χ1n) is 7.51. The maximum atomic E-state index is 11.2. The van der Waals surface area contributed by atoms with Crippen LogP contribution >= 0.6 is 11.3 Å². The number of nitrogens with zero attached hydrogens (tertiary/aromatic N) is 2. The highest BCUT2D eigenvalue weighted by molar-refractivity contribution is 7.09. The highest BCUT2D eigenvalue weighted by Crippen LogP contribution is 2.16. The van der Waals surface area contributed by atoms with Crippen molar-refractivity contribution >= 4 is 17.2 Å². The number of carbonyl (C=O) groups is 1. The lowest BCUT2D eigenvalue weighted by Crippen LogP contribution is -2.35. The second-order valence-corrected chi connectivity index (χ2v) is 6.87. The van der Waals surface area contributed by atoms with E-state index in [-0.39, 0.29) is 12.5 Å². The van der Waals surface area contributed by atoms with Crippen LogP contribution in [0.4, 0.5) is 0 Å². The maximum absolute atomic E-state index is 11.2. The molecule has 5 heteroatoms. The number of amides is 1. The number of hydrogen-bond acceptors (Lipinski definition) is 4. The van der Waals surface area contributed by atoms with Crippen LogP contribution in [0.3, 0.4) is 0 Å². The third kappa shape index (κ3) is 5.58. The fourth-order valence-electron chi connectivity index (χ4n) is 2.42. The summed E-state index contributed by atoms with van der Waals surface area (Å²) in [7, 11) is 0. The molecule has 1 aromatic carbocycles. The third-order valence-corrected chi connectivity index (χ3v) is 4.08. The summed E-state index contributed by atoms with van der Waals surface area (Å²) in [5.74, 6) is 0.196. The van der Waals surface area contributed by atoms with Crippen LogP contribution in [-0.4, -0.2) is 28.9 Å². The van der Waals surface area contributed by atoms with E-state index < -0.39 is 0 Å². The molecule has 1 heterocycles. The number of aromatic nitrogens is 1. The number of primary amides is 1. The molecule has 0 aliphatic rings. The van der Waals surface area contributed by atoms with Gasteiger partial charge >= 0.3 is 0 Å². The van der Waals surface area contributed by atoms with Gasteiger partial charge < -0.3 is 5.73 Å². The molecule has 2 aromatic rings. The van der Waals surface area contributed by atoms with E-state index in [0.29, 0.717) is 12.5 Å². The van der Waals surface area contributed by atoms with Crippen LogP contribution in [0.1, 0.15) is 30.1 Å². The quantitative estimate of drug-likeness (QED) is 0.814. The molecule has 0 radical (unpaired) electrons. The molecule has 2 N–H and O–H groups in total. The number of nitrogens with two attached hydrogens (primary N) is 1. The summed E-state index contributed by atoms with van der Waals surface area (Å²) >= 11 is 1.67. The van der Waals surface area contributed by atoms with Gasteiger partial charge in [-0.3, -0.25) is 9.69 Å². The van der Waals surface area contributed by atoms with Crippen LogP contribution < -0.4 is 5.73 Å². The van der Waals surface area contributed by atoms with E-state index in [1.54, 1.807) is 11.3 Å². The van der Waals surface area contributed by atoms with Gasteiger partial charge in [0.1, 0.15) is 0 Å². The number of carbonyl (C=O) groups excluding carboxylic acids is 1. The molecule has 118 valence electrons. The van der Waals surface area contributed by atoms with Gasteiger partial charge in [-0.1, -0.05) is 44.2 Å². The standard InChI is InChI=1S/C17H23N3OS/c1-13(2)9-20(11-16(18)21)10-15-12-22-17(19-15)8-14-6-4-3-5-7-14/h3-7,12-13H,8-11H2,1-2H3,(H2,18,21). The zero-order valence-corrected chi connectivity index (χ0v) is 14.0. The topological polar surface area (TPSA) is 59.2 Å². The predicted octanol–water partition coefficient (Wildman–Crippen LogP) is 2.68. The number of rotatable bonds is 8. The fourth-order valence-corrected chi connectivity index (χ4v) is 3.24. The van der Waals surface area contributed by atoms with Gasteiger partial charge in [0.15, 0.2) is 0 Å². The Morgan fingerprint density at radius 2 is 2.05 bits per heavy atom.